The quantitative estimate of drug-likeness (QED) is 0.743. The highest BCUT2D eigenvalue weighted by Gasteiger charge is 2.16. The van der Waals surface area contributed by atoms with Crippen LogP contribution in [0, 0.1) is 0 Å². The first-order valence-corrected chi connectivity index (χ1v) is 5.85. The molecule has 82 valence electrons. The number of benzene rings is 1. The van der Waals surface area contributed by atoms with Gasteiger partial charge in [-0.05, 0) is 18.4 Å². The Bertz CT molecular complexity index is 280. The molecule has 1 aliphatic carbocycles. The molecule has 2 N–H and O–H groups in total. The van der Waals surface area contributed by atoms with Crippen LogP contribution in [0.4, 0.5) is 0 Å². The van der Waals surface area contributed by atoms with Crippen LogP contribution < -0.4 is 5.32 Å². The van der Waals surface area contributed by atoms with Crippen LogP contribution in [0.15, 0.2) is 30.3 Å². The summed E-state index contributed by atoms with van der Waals surface area (Å²) in [6.45, 7) is 0. The van der Waals surface area contributed by atoms with Crippen molar-refractivity contribution in [2.75, 3.05) is 0 Å². The summed E-state index contributed by atoms with van der Waals surface area (Å²) in [6, 6.07) is 10.3. The van der Waals surface area contributed by atoms with Gasteiger partial charge in [0.05, 0.1) is 0 Å². The van der Waals surface area contributed by atoms with Gasteiger partial charge in [-0.3, -0.25) is 5.32 Å². The normalized spacial score (nSPS) is 20.1. The van der Waals surface area contributed by atoms with E-state index in [0.29, 0.717) is 6.04 Å². The molecule has 1 fully saturated rings. The van der Waals surface area contributed by atoms with Crippen LogP contribution in [0.5, 0.6) is 0 Å². The fourth-order valence-corrected chi connectivity index (χ4v) is 2.22. The summed E-state index contributed by atoms with van der Waals surface area (Å²) < 4.78 is 0. The van der Waals surface area contributed by atoms with Crippen LogP contribution in [-0.4, -0.2) is 11.1 Å². The SMILES string of the molecule is OC(NC1CCCCC1)c1ccccc1. The lowest BCUT2D eigenvalue weighted by molar-refractivity contribution is 0.114. The zero-order valence-corrected chi connectivity index (χ0v) is 9.02. The monoisotopic (exact) mass is 205 g/mol. The maximum atomic E-state index is 9.96. The molecule has 0 radical (unpaired) electrons. The molecule has 1 aromatic carbocycles. The summed E-state index contributed by atoms with van der Waals surface area (Å²) in [7, 11) is 0. The van der Waals surface area contributed by atoms with Gasteiger partial charge in [-0.2, -0.15) is 0 Å². The van der Waals surface area contributed by atoms with E-state index in [9.17, 15) is 5.11 Å². The van der Waals surface area contributed by atoms with Crippen molar-refractivity contribution >= 4 is 0 Å². The van der Waals surface area contributed by atoms with Crippen molar-refractivity contribution in [3.8, 4) is 0 Å². The third-order valence-corrected chi connectivity index (χ3v) is 3.11. The van der Waals surface area contributed by atoms with E-state index in [1.807, 2.05) is 30.3 Å². The molecule has 0 spiro atoms. The first-order valence-electron chi connectivity index (χ1n) is 5.85. The average Bonchev–Trinajstić information content (AvgIpc) is 2.31. The lowest BCUT2D eigenvalue weighted by Crippen LogP contribution is -2.34. The van der Waals surface area contributed by atoms with Crippen molar-refractivity contribution in [1.29, 1.82) is 0 Å². The van der Waals surface area contributed by atoms with E-state index in [0.717, 1.165) is 5.56 Å². The van der Waals surface area contributed by atoms with Gasteiger partial charge in [0.15, 0.2) is 0 Å². The molecule has 0 amide bonds. The summed E-state index contributed by atoms with van der Waals surface area (Å²) in [6.07, 6.45) is 5.82. The zero-order chi connectivity index (χ0) is 10.5. The fraction of sp³-hybridized carbons (Fsp3) is 0.538. The minimum Gasteiger partial charge on any atom is -0.374 e. The van der Waals surface area contributed by atoms with Gasteiger partial charge >= 0.3 is 0 Å². The van der Waals surface area contributed by atoms with Gasteiger partial charge in [0.25, 0.3) is 0 Å². The second kappa shape index (κ2) is 5.29. The summed E-state index contributed by atoms with van der Waals surface area (Å²) in [4.78, 5) is 0. The topological polar surface area (TPSA) is 32.3 Å². The highest BCUT2D eigenvalue weighted by molar-refractivity contribution is 5.16. The molecule has 0 aliphatic heterocycles. The zero-order valence-electron chi connectivity index (χ0n) is 9.02. The molecule has 0 heterocycles. The predicted molar refractivity (Wildman–Crippen MR) is 61.4 cm³/mol. The molecule has 1 aromatic rings. The lowest BCUT2D eigenvalue weighted by Gasteiger charge is -2.26. The van der Waals surface area contributed by atoms with Crippen LogP contribution in [0.3, 0.4) is 0 Å². The van der Waals surface area contributed by atoms with Crippen LogP contribution in [0.25, 0.3) is 0 Å². The Morgan fingerprint density at radius 1 is 1.07 bits per heavy atom. The van der Waals surface area contributed by atoms with E-state index >= 15 is 0 Å². The Hall–Kier alpha value is -0.860. The fourth-order valence-electron chi connectivity index (χ4n) is 2.22. The Kier molecular flexibility index (Phi) is 3.75. The van der Waals surface area contributed by atoms with Gasteiger partial charge in [-0.1, -0.05) is 49.6 Å². The van der Waals surface area contributed by atoms with E-state index < -0.39 is 6.23 Å². The van der Waals surface area contributed by atoms with Crippen molar-refractivity contribution in [2.45, 2.75) is 44.4 Å². The number of aliphatic hydroxyl groups is 1. The molecule has 15 heavy (non-hydrogen) atoms. The smallest absolute Gasteiger partial charge is 0.131 e. The van der Waals surface area contributed by atoms with Crippen LogP contribution in [-0.2, 0) is 0 Å². The molecule has 0 aromatic heterocycles. The van der Waals surface area contributed by atoms with E-state index in [1.54, 1.807) is 0 Å². The van der Waals surface area contributed by atoms with Crippen LogP contribution in [0.1, 0.15) is 43.9 Å². The first-order chi connectivity index (χ1) is 7.36. The summed E-state index contributed by atoms with van der Waals surface area (Å²) in [5.74, 6) is 0. The van der Waals surface area contributed by atoms with E-state index in [-0.39, 0.29) is 0 Å². The second-order valence-electron chi connectivity index (χ2n) is 4.31. The third-order valence-electron chi connectivity index (χ3n) is 3.11. The summed E-state index contributed by atoms with van der Waals surface area (Å²) >= 11 is 0. The molecule has 1 saturated carbocycles. The van der Waals surface area contributed by atoms with Gasteiger partial charge in [0, 0.05) is 6.04 Å². The minimum absolute atomic E-state index is 0.494. The van der Waals surface area contributed by atoms with Gasteiger partial charge in [-0.25, -0.2) is 0 Å². The Labute approximate surface area is 91.3 Å². The maximum absolute atomic E-state index is 9.96. The Morgan fingerprint density at radius 3 is 2.40 bits per heavy atom. The molecular weight excluding hydrogens is 186 g/mol. The maximum Gasteiger partial charge on any atom is 0.131 e. The number of aliphatic hydroxyl groups excluding tert-OH is 1. The molecule has 0 saturated heterocycles. The molecule has 1 aliphatic rings. The molecule has 2 heteroatoms. The van der Waals surface area contributed by atoms with Gasteiger partial charge in [-0.15, -0.1) is 0 Å². The molecule has 0 bridgehead atoms. The highest BCUT2D eigenvalue weighted by atomic mass is 16.3. The summed E-state index contributed by atoms with van der Waals surface area (Å²) in [5, 5.41) is 13.3. The van der Waals surface area contributed by atoms with Crippen molar-refractivity contribution in [3.63, 3.8) is 0 Å². The van der Waals surface area contributed by atoms with Gasteiger partial charge in [0.2, 0.25) is 0 Å². The Balaban J connectivity index is 1.88. The molecule has 1 unspecified atom stereocenters. The standard InChI is InChI=1S/C13H19NO/c15-13(11-7-3-1-4-8-11)14-12-9-5-2-6-10-12/h1,3-4,7-8,12-15H,2,5-6,9-10H2. The lowest BCUT2D eigenvalue weighted by atomic mass is 9.95. The highest BCUT2D eigenvalue weighted by Crippen LogP contribution is 2.20. The number of hydrogen-bond acceptors (Lipinski definition) is 2. The third kappa shape index (κ3) is 3.05. The molecular formula is C13H19NO. The molecule has 1 atom stereocenters. The number of hydrogen-bond donors (Lipinski definition) is 2. The largest absolute Gasteiger partial charge is 0.374 e. The van der Waals surface area contributed by atoms with E-state index in [2.05, 4.69) is 5.32 Å². The van der Waals surface area contributed by atoms with Crippen molar-refractivity contribution in [1.82, 2.24) is 5.32 Å². The second-order valence-corrected chi connectivity index (χ2v) is 4.31. The molecule has 2 rings (SSSR count). The van der Waals surface area contributed by atoms with Crippen molar-refractivity contribution in [3.05, 3.63) is 35.9 Å². The van der Waals surface area contributed by atoms with E-state index in [4.69, 9.17) is 0 Å². The van der Waals surface area contributed by atoms with E-state index in [1.165, 1.54) is 32.1 Å². The summed E-state index contributed by atoms with van der Waals surface area (Å²) in [5.41, 5.74) is 0.961. The number of rotatable bonds is 3. The van der Waals surface area contributed by atoms with Crippen LogP contribution in [0.2, 0.25) is 0 Å². The minimum atomic E-state index is -0.505. The van der Waals surface area contributed by atoms with Crippen LogP contribution >= 0.6 is 0 Å². The van der Waals surface area contributed by atoms with Gasteiger partial charge in [0.1, 0.15) is 6.23 Å². The number of nitrogens with one attached hydrogen (secondary N) is 1. The van der Waals surface area contributed by atoms with Crippen molar-refractivity contribution < 1.29 is 5.11 Å². The Morgan fingerprint density at radius 2 is 1.73 bits per heavy atom. The van der Waals surface area contributed by atoms with Crippen molar-refractivity contribution in [2.24, 2.45) is 0 Å². The molecule has 2 nitrogen and oxygen atoms in total. The average molecular weight is 205 g/mol. The van der Waals surface area contributed by atoms with Gasteiger partial charge < -0.3 is 5.11 Å². The first kappa shape index (κ1) is 10.7. The predicted octanol–water partition coefficient (Wildman–Crippen LogP) is 2.60.